The second kappa shape index (κ2) is 10.2. The Hall–Kier alpha value is -4.11. The Balaban J connectivity index is 1.45. The van der Waals surface area contributed by atoms with Crippen molar-refractivity contribution in [3.63, 3.8) is 0 Å². The molecule has 0 spiro atoms. The average molecular weight is 504 g/mol. The van der Waals surface area contributed by atoms with Crippen LogP contribution in [0.25, 0.3) is 5.69 Å². The first-order valence-corrected chi connectivity index (χ1v) is 11.9. The maximum Gasteiger partial charge on any atom is 0.226 e. The van der Waals surface area contributed by atoms with Gasteiger partial charge in [0, 0.05) is 36.7 Å². The second-order valence-corrected chi connectivity index (χ2v) is 8.77. The zero-order valence-electron chi connectivity index (χ0n) is 19.1. The molecule has 2 atom stereocenters. The Morgan fingerprint density at radius 2 is 1.86 bits per heavy atom. The fourth-order valence-corrected chi connectivity index (χ4v) is 4.79. The number of thiocarbonyl (C=S) groups is 1. The number of aromatic nitrogens is 2. The molecule has 5 rings (SSSR count). The first-order chi connectivity index (χ1) is 17.5. The van der Waals surface area contributed by atoms with Crippen LogP contribution in [0.2, 0.25) is 0 Å². The zero-order chi connectivity index (χ0) is 25.1. The third kappa shape index (κ3) is 4.83. The number of pyridine rings is 1. The summed E-state index contributed by atoms with van der Waals surface area (Å²) in [5.74, 6) is -1.16. The summed E-state index contributed by atoms with van der Waals surface area (Å²) in [6.07, 6.45) is 3.67. The van der Waals surface area contributed by atoms with Crippen molar-refractivity contribution in [2.75, 3.05) is 11.9 Å². The predicted octanol–water partition coefficient (Wildman–Crippen LogP) is 5.15. The lowest BCUT2D eigenvalue weighted by Crippen LogP contribution is -2.33. The summed E-state index contributed by atoms with van der Waals surface area (Å²) in [6.45, 7) is 0.286. The van der Waals surface area contributed by atoms with Crippen LogP contribution in [0.5, 0.6) is 0 Å². The van der Waals surface area contributed by atoms with Crippen molar-refractivity contribution in [1.82, 2.24) is 19.8 Å². The van der Waals surface area contributed by atoms with Crippen molar-refractivity contribution in [3.8, 4) is 5.69 Å². The van der Waals surface area contributed by atoms with Gasteiger partial charge in [-0.1, -0.05) is 24.3 Å². The van der Waals surface area contributed by atoms with Crippen LogP contribution < -0.4 is 10.6 Å². The number of nitrogens with one attached hydrogen (secondary N) is 2. The van der Waals surface area contributed by atoms with E-state index in [0.29, 0.717) is 10.8 Å². The van der Waals surface area contributed by atoms with Gasteiger partial charge in [-0.2, -0.15) is 0 Å². The van der Waals surface area contributed by atoms with Gasteiger partial charge in [0.25, 0.3) is 0 Å². The van der Waals surface area contributed by atoms with Crippen LogP contribution in [0, 0.1) is 11.6 Å². The van der Waals surface area contributed by atoms with E-state index in [1.54, 1.807) is 24.4 Å². The Kier molecular flexibility index (Phi) is 6.73. The normalized spacial score (nSPS) is 17.2. The lowest BCUT2D eigenvalue weighted by molar-refractivity contribution is -0.116. The molecule has 4 aromatic rings. The van der Waals surface area contributed by atoms with Gasteiger partial charge in [-0.15, -0.1) is 0 Å². The summed E-state index contributed by atoms with van der Waals surface area (Å²) in [5.41, 5.74) is 2.45. The number of hydrogen-bond donors (Lipinski definition) is 2. The molecule has 182 valence electrons. The van der Waals surface area contributed by atoms with E-state index in [2.05, 4.69) is 15.6 Å². The van der Waals surface area contributed by atoms with Gasteiger partial charge < -0.3 is 20.1 Å². The Morgan fingerprint density at radius 1 is 1.03 bits per heavy atom. The van der Waals surface area contributed by atoms with Crippen LogP contribution in [0.4, 0.5) is 14.5 Å². The highest BCUT2D eigenvalue weighted by Crippen LogP contribution is 2.39. The molecular weight excluding hydrogens is 480 g/mol. The van der Waals surface area contributed by atoms with Gasteiger partial charge >= 0.3 is 0 Å². The van der Waals surface area contributed by atoms with E-state index < -0.39 is 5.82 Å². The quantitative estimate of drug-likeness (QED) is 0.342. The average Bonchev–Trinajstić information content (AvgIpc) is 3.49. The molecule has 0 aliphatic carbocycles. The fourth-order valence-electron chi connectivity index (χ4n) is 4.46. The number of hydrogen-bond acceptors (Lipinski definition) is 3. The van der Waals surface area contributed by atoms with Gasteiger partial charge in [0.15, 0.2) is 5.11 Å². The number of para-hydroxylation sites is 1. The molecule has 1 aliphatic heterocycles. The predicted molar refractivity (Wildman–Crippen MR) is 138 cm³/mol. The molecule has 6 nitrogen and oxygen atoms in total. The number of carbonyl (C=O) groups excluding carboxylic acids is 1. The standard InChI is InChI=1S/C27H23F2N5OS/c28-18-7-5-8-19(17-18)33-15-6-12-23(33)26-25(22-11-3-4-14-30-22)32-27(36)34(26)16-13-24(35)31-21-10-2-1-9-20(21)29/h1-12,14-15,17,25-26H,13,16H2,(H,31,35)(H,32,36). The van der Waals surface area contributed by atoms with Crippen LogP contribution in [-0.2, 0) is 4.79 Å². The molecule has 1 amide bonds. The monoisotopic (exact) mass is 503 g/mol. The van der Waals surface area contributed by atoms with Crippen LogP contribution in [0.15, 0.2) is 91.3 Å². The van der Waals surface area contributed by atoms with Crippen molar-refractivity contribution in [2.24, 2.45) is 0 Å². The lowest BCUT2D eigenvalue weighted by Gasteiger charge is -2.28. The molecule has 1 aliphatic rings. The summed E-state index contributed by atoms with van der Waals surface area (Å²) in [4.78, 5) is 19.1. The summed E-state index contributed by atoms with van der Waals surface area (Å²) in [7, 11) is 0. The summed E-state index contributed by atoms with van der Waals surface area (Å²) < 4.78 is 29.9. The van der Waals surface area contributed by atoms with E-state index in [9.17, 15) is 13.6 Å². The molecule has 3 heterocycles. The molecule has 36 heavy (non-hydrogen) atoms. The molecule has 0 radical (unpaired) electrons. The molecule has 9 heteroatoms. The molecule has 2 N–H and O–H groups in total. The molecule has 2 aromatic heterocycles. The highest BCUT2D eigenvalue weighted by atomic mass is 32.1. The Labute approximate surface area is 212 Å². The first-order valence-electron chi connectivity index (χ1n) is 11.5. The van der Waals surface area contributed by atoms with Crippen LogP contribution >= 0.6 is 12.2 Å². The maximum absolute atomic E-state index is 14.0. The van der Waals surface area contributed by atoms with E-state index in [1.807, 2.05) is 52.1 Å². The van der Waals surface area contributed by atoms with Crippen LogP contribution in [-0.4, -0.2) is 32.0 Å². The van der Waals surface area contributed by atoms with Crippen molar-refractivity contribution < 1.29 is 13.6 Å². The fraction of sp³-hybridized carbons (Fsp3) is 0.148. The smallest absolute Gasteiger partial charge is 0.226 e. The second-order valence-electron chi connectivity index (χ2n) is 8.38. The molecule has 0 saturated carbocycles. The van der Waals surface area contributed by atoms with Gasteiger partial charge in [-0.25, -0.2) is 8.78 Å². The minimum atomic E-state index is -0.495. The van der Waals surface area contributed by atoms with Gasteiger partial charge in [0.2, 0.25) is 5.91 Å². The number of rotatable bonds is 7. The number of benzene rings is 2. The number of nitrogens with zero attached hydrogens (tertiary/aromatic N) is 3. The first kappa shape index (κ1) is 23.6. The van der Waals surface area contributed by atoms with E-state index >= 15 is 0 Å². The van der Waals surface area contributed by atoms with Crippen molar-refractivity contribution in [1.29, 1.82) is 0 Å². The molecule has 2 aromatic carbocycles. The molecule has 1 saturated heterocycles. The van der Waals surface area contributed by atoms with E-state index in [-0.39, 0.29) is 42.5 Å². The largest absolute Gasteiger partial charge is 0.352 e. The molecule has 0 bridgehead atoms. The minimum Gasteiger partial charge on any atom is -0.352 e. The van der Waals surface area contributed by atoms with Crippen molar-refractivity contribution >= 4 is 28.9 Å². The lowest BCUT2D eigenvalue weighted by atomic mass is 10.0. The number of halogens is 2. The summed E-state index contributed by atoms with van der Waals surface area (Å²) in [6, 6.07) is 21.3. The minimum absolute atomic E-state index is 0.0856. The van der Waals surface area contributed by atoms with Gasteiger partial charge in [0.05, 0.1) is 23.5 Å². The summed E-state index contributed by atoms with van der Waals surface area (Å²) in [5, 5.41) is 6.44. The van der Waals surface area contributed by atoms with Crippen LogP contribution in [0.3, 0.4) is 0 Å². The topological polar surface area (TPSA) is 62.2 Å². The highest BCUT2D eigenvalue weighted by molar-refractivity contribution is 7.80. The van der Waals surface area contributed by atoms with Gasteiger partial charge in [-0.05, 0) is 66.8 Å². The molecular formula is C27H23F2N5OS. The SMILES string of the molecule is O=C(CCN1C(=S)NC(c2ccccn2)C1c1cccn1-c1cccc(F)c1)Nc1ccccc1F. The molecule has 1 fully saturated rings. The zero-order valence-corrected chi connectivity index (χ0v) is 20.0. The maximum atomic E-state index is 14.0. The number of amides is 1. The van der Waals surface area contributed by atoms with E-state index in [0.717, 1.165) is 11.4 Å². The third-order valence-corrected chi connectivity index (χ3v) is 6.45. The Bertz CT molecular complexity index is 1390. The summed E-state index contributed by atoms with van der Waals surface area (Å²) >= 11 is 5.68. The van der Waals surface area contributed by atoms with Crippen molar-refractivity contribution in [2.45, 2.75) is 18.5 Å². The van der Waals surface area contributed by atoms with Gasteiger partial charge in [0.1, 0.15) is 11.6 Å². The van der Waals surface area contributed by atoms with Crippen LogP contribution in [0.1, 0.15) is 29.9 Å². The number of carbonyl (C=O) groups is 1. The number of anilines is 1. The molecule has 2 unspecified atom stereocenters. The van der Waals surface area contributed by atoms with E-state index in [1.165, 1.54) is 24.3 Å². The van der Waals surface area contributed by atoms with Gasteiger partial charge in [-0.3, -0.25) is 9.78 Å². The van der Waals surface area contributed by atoms with E-state index in [4.69, 9.17) is 12.2 Å². The third-order valence-electron chi connectivity index (χ3n) is 6.10. The van der Waals surface area contributed by atoms with Crippen molar-refractivity contribution in [3.05, 3.63) is 114 Å². The Morgan fingerprint density at radius 3 is 2.64 bits per heavy atom. The highest BCUT2D eigenvalue weighted by Gasteiger charge is 2.41.